The first-order valence-corrected chi connectivity index (χ1v) is 4.89. The highest BCUT2D eigenvalue weighted by molar-refractivity contribution is 5.92. The van der Waals surface area contributed by atoms with Gasteiger partial charge in [-0.3, -0.25) is 4.90 Å². The second kappa shape index (κ2) is 4.41. The number of carboxylic acid groups (broad SMARTS) is 3. The molecule has 0 saturated carbocycles. The van der Waals surface area contributed by atoms with Gasteiger partial charge in [0.05, 0.1) is 0 Å². The molecule has 1 aliphatic rings. The molecule has 0 aromatic carbocycles. The van der Waals surface area contributed by atoms with Gasteiger partial charge in [0, 0.05) is 6.42 Å². The van der Waals surface area contributed by atoms with E-state index in [0.717, 1.165) is 0 Å². The molecule has 7 heteroatoms. The third-order valence-electron chi connectivity index (χ3n) is 2.79. The standard InChI is InChI=1S/C11H11NO6/c1-3-11(9(15)16)5-6(2)4-7(8(13)14)12(11)10(17)18/h1,7H,2,4-5H2,(H,13,14)(H,15,16)(H,17,18). The van der Waals surface area contributed by atoms with E-state index in [2.05, 4.69) is 6.58 Å². The lowest BCUT2D eigenvalue weighted by Crippen LogP contribution is -2.64. The van der Waals surface area contributed by atoms with E-state index in [1.165, 1.54) is 0 Å². The van der Waals surface area contributed by atoms with Gasteiger partial charge < -0.3 is 15.3 Å². The Balaban J connectivity index is 3.42. The molecule has 3 N–H and O–H groups in total. The van der Waals surface area contributed by atoms with E-state index in [4.69, 9.17) is 21.7 Å². The fourth-order valence-electron chi connectivity index (χ4n) is 2.01. The second-order valence-corrected chi connectivity index (χ2v) is 3.95. The summed E-state index contributed by atoms with van der Waals surface area (Å²) in [5.41, 5.74) is -1.93. The Morgan fingerprint density at radius 2 is 1.94 bits per heavy atom. The summed E-state index contributed by atoms with van der Waals surface area (Å²) in [4.78, 5) is 33.7. The van der Waals surface area contributed by atoms with Crippen LogP contribution in [-0.4, -0.2) is 49.8 Å². The first-order valence-electron chi connectivity index (χ1n) is 4.89. The number of carbonyl (C=O) groups is 3. The van der Waals surface area contributed by atoms with Gasteiger partial charge >= 0.3 is 18.0 Å². The lowest BCUT2D eigenvalue weighted by molar-refractivity contribution is -0.154. The summed E-state index contributed by atoms with van der Waals surface area (Å²) in [7, 11) is 0. The quantitative estimate of drug-likeness (QED) is 0.479. The van der Waals surface area contributed by atoms with Crippen molar-refractivity contribution in [2.75, 3.05) is 0 Å². The average molecular weight is 253 g/mol. The van der Waals surface area contributed by atoms with Crippen molar-refractivity contribution >= 4 is 18.0 Å². The molecule has 1 heterocycles. The molecule has 7 nitrogen and oxygen atoms in total. The zero-order valence-electron chi connectivity index (χ0n) is 9.29. The van der Waals surface area contributed by atoms with Gasteiger partial charge in [-0.25, -0.2) is 14.4 Å². The first-order chi connectivity index (χ1) is 8.26. The van der Waals surface area contributed by atoms with E-state index in [9.17, 15) is 14.4 Å². The SMILES string of the molecule is C#CC1(C(=O)O)CC(=C)CC(C(=O)O)N1C(=O)O. The van der Waals surface area contributed by atoms with Crippen LogP contribution >= 0.6 is 0 Å². The van der Waals surface area contributed by atoms with Crippen LogP contribution < -0.4 is 0 Å². The monoisotopic (exact) mass is 253 g/mol. The smallest absolute Gasteiger partial charge is 0.409 e. The van der Waals surface area contributed by atoms with Gasteiger partial charge in [0.25, 0.3) is 0 Å². The van der Waals surface area contributed by atoms with E-state index in [1.54, 1.807) is 0 Å². The zero-order chi connectivity index (χ0) is 14.1. The van der Waals surface area contributed by atoms with Crippen LogP contribution in [0, 0.1) is 12.3 Å². The maximum absolute atomic E-state index is 11.3. The lowest BCUT2D eigenvalue weighted by atomic mass is 9.81. The molecule has 1 rings (SSSR count). The van der Waals surface area contributed by atoms with Gasteiger partial charge in [0.15, 0.2) is 0 Å². The average Bonchev–Trinajstić information content (AvgIpc) is 2.26. The third kappa shape index (κ3) is 1.88. The predicted octanol–water partition coefficient (Wildman–Crippen LogP) is 0.226. The van der Waals surface area contributed by atoms with Crippen LogP contribution in [0.2, 0.25) is 0 Å². The topological polar surface area (TPSA) is 115 Å². The molecule has 0 aromatic rings. The van der Waals surface area contributed by atoms with Crippen LogP contribution in [0.4, 0.5) is 4.79 Å². The minimum absolute atomic E-state index is 0.154. The lowest BCUT2D eigenvalue weighted by Gasteiger charge is -2.43. The van der Waals surface area contributed by atoms with Gasteiger partial charge in [-0.05, 0) is 6.42 Å². The van der Waals surface area contributed by atoms with Crippen LogP contribution in [0.1, 0.15) is 12.8 Å². The molecule has 0 aromatic heterocycles. The molecular formula is C11H11NO6. The molecule has 1 amide bonds. The van der Waals surface area contributed by atoms with Crippen molar-refractivity contribution in [3.05, 3.63) is 12.2 Å². The van der Waals surface area contributed by atoms with Gasteiger partial charge in [-0.2, -0.15) is 0 Å². The van der Waals surface area contributed by atoms with Crippen molar-refractivity contribution in [1.29, 1.82) is 0 Å². The summed E-state index contributed by atoms with van der Waals surface area (Å²) in [6, 6.07) is -1.55. The van der Waals surface area contributed by atoms with E-state index < -0.39 is 29.6 Å². The normalized spacial score (nSPS) is 27.4. The predicted molar refractivity (Wildman–Crippen MR) is 58.9 cm³/mol. The van der Waals surface area contributed by atoms with E-state index in [0.29, 0.717) is 10.5 Å². The van der Waals surface area contributed by atoms with Gasteiger partial charge in [0.1, 0.15) is 6.04 Å². The van der Waals surface area contributed by atoms with E-state index in [1.807, 2.05) is 5.92 Å². The van der Waals surface area contributed by atoms with Crippen molar-refractivity contribution < 1.29 is 29.7 Å². The Morgan fingerprint density at radius 1 is 1.39 bits per heavy atom. The highest BCUT2D eigenvalue weighted by Gasteiger charge is 2.54. The summed E-state index contributed by atoms with van der Waals surface area (Å²) in [6.07, 6.45) is 2.99. The van der Waals surface area contributed by atoms with Crippen LogP contribution in [0.3, 0.4) is 0 Å². The molecular weight excluding hydrogens is 242 g/mol. The highest BCUT2D eigenvalue weighted by Crippen LogP contribution is 2.35. The number of carboxylic acids is 2. The fraction of sp³-hybridized carbons (Fsp3) is 0.364. The highest BCUT2D eigenvalue weighted by atomic mass is 16.4. The van der Waals surface area contributed by atoms with Crippen molar-refractivity contribution in [1.82, 2.24) is 4.90 Å². The van der Waals surface area contributed by atoms with Crippen LogP contribution in [0.15, 0.2) is 12.2 Å². The Morgan fingerprint density at radius 3 is 2.28 bits per heavy atom. The van der Waals surface area contributed by atoms with Crippen LogP contribution in [-0.2, 0) is 9.59 Å². The minimum Gasteiger partial charge on any atom is -0.480 e. The van der Waals surface area contributed by atoms with E-state index >= 15 is 0 Å². The van der Waals surface area contributed by atoms with Gasteiger partial charge in [-0.1, -0.05) is 18.1 Å². The minimum atomic E-state index is -2.22. The molecule has 1 saturated heterocycles. The van der Waals surface area contributed by atoms with Crippen LogP contribution in [0.25, 0.3) is 0 Å². The van der Waals surface area contributed by atoms with Crippen molar-refractivity contribution in [2.45, 2.75) is 24.4 Å². The number of amides is 1. The van der Waals surface area contributed by atoms with Crippen molar-refractivity contribution in [3.8, 4) is 12.3 Å². The number of piperidine rings is 1. The molecule has 2 unspecified atom stereocenters. The molecule has 0 spiro atoms. The molecule has 1 fully saturated rings. The Bertz CT molecular complexity index is 476. The number of hydrogen-bond donors (Lipinski definition) is 3. The fourth-order valence-corrected chi connectivity index (χ4v) is 2.01. The molecule has 0 aliphatic carbocycles. The Hall–Kier alpha value is -2.49. The van der Waals surface area contributed by atoms with Crippen molar-refractivity contribution in [2.24, 2.45) is 0 Å². The number of terminal acetylenes is 1. The maximum Gasteiger partial charge on any atom is 0.409 e. The largest absolute Gasteiger partial charge is 0.480 e. The molecule has 0 bridgehead atoms. The summed E-state index contributed by atoms with van der Waals surface area (Å²) < 4.78 is 0. The third-order valence-corrected chi connectivity index (χ3v) is 2.79. The molecule has 0 radical (unpaired) electrons. The maximum atomic E-state index is 11.3. The molecule has 1 aliphatic heterocycles. The second-order valence-electron chi connectivity index (χ2n) is 3.95. The number of hydrogen-bond acceptors (Lipinski definition) is 3. The van der Waals surface area contributed by atoms with E-state index in [-0.39, 0.29) is 12.8 Å². The summed E-state index contributed by atoms with van der Waals surface area (Å²) >= 11 is 0. The Labute approximate surface area is 102 Å². The number of nitrogens with zero attached hydrogens (tertiary/aromatic N) is 1. The number of likely N-dealkylation sites (tertiary alicyclic amines) is 1. The summed E-state index contributed by atoms with van der Waals surface area (Å²) in [5, 5.41) is 27.2. The number of rotatable bonds is 2. The Kier molecular flexibility index (Phi) is 3.32. The number of aliphatic carboxylic acids is 2. The van der Waals surface area contributed by atoms with Crippen molar-refractivity contribution in [3.63, 3.8) is 0 Å². The first kappa shape index (κ1) is 13.6. The molecule has 18 heavy (non-hydrogen) atoms. The summed E-state index contributed by atoms with van der Waals surface area (Å²) in [6.45, 7) is 3.52. The molecule has 96 valence electrons. The molecule has 2 atom stereocenters. The van der Waals surface area contributed by atoms with Gasteiger partial charge in [0.2, 0.25) is 5.54 Å². The van der Waals surface area contributed by atoms with Crippen LogP contribution in [0.5, 0.6) is 0 Å². The zero-order valence-corrected chi connectivity index (χ0v) is 9.29. The van der Waals surface area contributed by atoms with Gasteiger partial charge in [-0.15, -0.1) is 6.42 Å². The summed E-state index contributed by atoms with van der Waals surface area (Å²) in [5.74, 6) is -1.16.